The van der Waals surface area contributed by atoms with Crippen molar-refractivity contribution in [2.45, 2.75) is 18.6 Å². The lowest BCUT2D eigenvalue weighted by molar-refractivity contribution is -0.173. The molecule has 2 amide bonds. The number of ether oxygens (including phenoxy) is 1. The van der Waals surface area contributed by atoms with Gasteiger partial charge in [0.1, 0.15) is 12.6 Å². The molecule has 0 aromatic rings. The molecule has 0 aliphatic rings. The number of aliphatic carboxylic acids is 1. The van der Waals surface area contributed by atoms with Crippen LogP contribution < -0.4 is 10.6 Å². The normalized spacial score (nSPS) is 12.8. The highest BCUT2D eigenvalue weighted by Gasteiger charge is 2.27. The predicted octanol–water partition coefficient (Wildman–Crippen LogP) is 1.07. The molecule has 0 aliphatic carbocycles. The maximum absolute atomic E-state index is 11.7. The van der Waals surface area contributed by atoms with Crippen molar-refractivity contribution in [2.24, 2.45) is 0 Å². The van der Waals surface area contributed by atoms with E-state index in [1.807, 2.05) is 0 Å². The highest BCUT2D eigenvalue weighted by atomic mass is 32.2. The molecular weight excluding hydrogens is 301 g/mol. The van der Waals surface area contributed by atoms with Crippen molar-refractivity contribution in [3.8, 4) is 0 Å². The zero-order chi connectivity index (χ0) is 15.6. The average Bonchev–Trinajstić information content (AvgIpc) is 2.32. The summed E-state index contributed by atoms with van der Waals surface area (Å²) >= 11 is 1.44. The smallest absolute Gasteiger partial charge is 0.411 e. The van der Waals surface area contributed by atoms with Gasteiger partial charge in [0.15, 0.2) is 0 Å². The minimum absolute atomic E-state index is 0.142. The lowest BCUT2D eigenvalue weighted by atomic mass is 10.2. The van der Waals surface area contributed by atoms with Gasteiger partial charge in [-0.3, -0.25) is 0 Å². The summed E-state index contributed by atoms with van der Waals surface area (Å²) in [5, 5.41) is 13.3. The molecule has 1 atom stereocenters. The van der Waals surface area contributed by atoms with Gasteiger partial charge in [-0.05, 0) is 18.4 Å². The summed E-state index contributed by atoms with van der Waals surface area (Å²) in [6.45, 7) is -1.84. The van der Waals surface area contributed by atoms with Gasteiger partial charge in [-0.25, -0.2) is 9.59 Å². The second-order valence-electron chi connectivity index (χ2n) is 3.74. The molecule has 6 nitrogen and oxygen atoms in total. The van der Waals surface area contributed by atoms with Gasteiger partial charge in [-0.1, -0.05) is 0 Å². The standard InChI is InChI=1S/C10H17F3N2O4S/c1-20-5-2-7(8(16)17)15-9(18)14-3-4-19-6-10(11,12)13/h7H,2-6H2,1H3,(H,16,17)(H2,14,15,18)/t7-/m1/s1. The van der Waals surface area contributed by atoms with Crippen LogP contribution in [0.3, 0.4) is 0 Å². The Morgan fingerprint density at radius 1 is 1.40 bits per heavy atom. The van der Waals surface area contributed by atoms with Crippen molar-refractivity contribution < 1.29 is 32.6 Å². The number of halogens is 3. The first kappa shape index (κ1) is 18.8. The summed E-state index contributed by atoms with van der Waals surface area (Å²) in [7, 11) is 0. The molecule has 10 heteroatoms. The number of amides is 2. The molecule has 0 saturated carbocycles. The minimum Gasteiger partial charge on any atom is -0.480 e. The van der Waals surface area contributed by atoms with E-state index in [0.717, 1.165) is 0 Å². The largest absolute Gasteiger partial charge is 0.480 e. The fourth-order valence-corrected chi connectivity index (χ4v) is 1.60. The van der Waals surface area contributed by atoms with E-state index in [0.29, 0.717) is 5.75 Å². The summed E-state index contributed by atoms with van der Waals surface area (Å²) in [5.41, 5.74) is 0. The third-order valence-electron chi connectivity index (χ3n) is 2.01. The molecule has 0 saturated heterocycles. The first-order chi connectivity index (χ1) is 9.26. The number of rotatable bonds is 9. The summed E-state index contributed by atoms with van der Waals surface area (Å²) in [6, 6.07) is -1.78. The lowest BCUT2D eigenvalue weighted by Crippen LogP contribution is -2.47. The van der Waals surface area contributed by atoms with Crippen molar-refractivity contribution in [1.82, 2.24) is 10.6 Å². The van der Waals surface area contributed by atoms with E-state index in [2.05, 4.69) is 15.4 Å². The Labute approximate surface area is 118 Å². The topological polar surface area (TPSA) is 87.7 Å². The summed E-state index contributed by atoms with van der Waals surface area (Å²) in [6.07, 6.45) is -2.35. The molecule has 0 bridgehead atoms. The molecule has 0 aromatic carbocycles. The number of carboxylic acids is 1. The van der Waals surface area contributed by atoms with E-state index >= 15 is 0 Å². The van der Waals surface area contributed by atoms with Gasteiger partial charge >= 0.3 is 18.2 Å². The van der Waals surface area contributed by atoms with E-state index in [1.165, 1.54) is 11.8 Å². The van der Waals surface area contributed by atoms with Gasteiger partial charge in [-0.15, -0.1) is 0 Å². The van der Waals surface area contributed by atoms with Gasteiger partial charge in [0.25, 0.3) is 0 Å². The Morgan fingerprint density at radius 3 is 2.55 bits per heavy atom. The summed E-state index contributed by atoms with van der Waals surface area (Å²) in [4.78, 5) is 22.1. The van der Waals surface area contributed by atoms with Crippen LogP contribution in [0.2, 0.25) is 0 Å². The number of nitrogens with one attached hydrogen (secondary N) is 2. The highest BCUT2D eigenvalue weighted by Crippen LogP contribution is 2.13. The number of carboxylic acid groups (broad SMARTS) is 1. The number of alkyl halides is 3. The Bertz CT molecular complexity index is 315. The van der Waals surface area contributed by atoms with Gasteiger partial charge in [0.2, 0.25) is 0 Å². The average molecular weight is 318 g/mol. The molecule has 0 spiro atoms. The Hall–Kier alpha value is -1.16. The zero-order valence-electron chi connectivity index (χ0n) is 10.8. The Kier molecular flexibility index (Phi) is 9.14. The van der Waals surface area contributed by atoms with Crippen LogP contribution in [0.1, 0.15) is 6.42 Å². The quantitative estimate of drug-likeness (QED) is 0.554. The molecule has 0 aromatic heterocycles. The number of urea groups is 1. The van der Waals surface area contributed by atoms with E-state index in [4.69, 9.17) is 5.11 Å². The minimum atomic E-state index is -4.41. The van der Waals surface area contributed by atoms with Crippen LogP contribution in [0.25, 0.3) is 0 Å². The molecule has 0 fully saturated rings. The van der Waals surface area contributed by atoms with Gasteiger partial charge in [0, 0.05) is 6.54 Å². The zero-order valence-corrected chi connectivity index (χ0v) is 11.6. The van der Waals surface area contributed by atoms with Crippen LogP contribution in [-0.4, -0.2) is 61.1 Å². The van der Waals surface area contributed by atoms with Crippen molar-refractivity contribution >= 4 is 23.8 Å². The molecule has 0 aliphatic heterocycles. The molecule has 0 rings (SSSR count). The number of carbonyl (C=O) groups excluding carboxylic acids is 1. The van der Waals surface area contributed by atoms with E-state index in [-0.39, 0.29) is 19.6 Å². The maximum atomic E-state index is 11.7. The lowest BCUT2D eigenvalue weighted by Gasteiger charge is -2.14. The van der Waals surface area contributed by atoms with Crippen LogP contribution in [0.5, 0.6) is 0 Å². The van der Waals surface area contributed by atoms with Gasteiger partial charge in [0.05, 0.1) is 6.61 Å². The van der Waals surface area contributed by atoms with Crippen LogP contribution in [0.4, 0.5) is 18.0 Å². The van der Waals surface area contributed by atoms with Crippen molar-refractivity contribution in [3.63, 3.8) is 0 Å². The molecule has 0 radical (unpaired) electrons. The molecule has 0 heterocycles. The first-order valence-electron chi connectivity index (χ1n) is 5.67. The summed E-state index contributed by atoms with van der Waals surface area (Å²) in [5.74, 6) is -0.603. The van der Waals surface area contributed by atoms with Gasteiger partial charge in [-0.2, -0.15) is 24.9 Å². The number of thioether (sulfide) groups is 1. The van der Waals surface area contributed by atoms with E-state index < -0.39 is 30.8 Å². The van der Waals surface area contributed by atoms with E-state index in [9.17, 15) is 22.8 Å². The van der Waals surface area contributed by atoms with Crippen LogP contribution in [0.15, 0.2) is 0 Å². The fraction of sp³-hybridized carbons (Fsp3) is 0.800. The second-order valence-corrected chi connectivity index (χ2v) is 4.73. The SMILES string of the molecule is CSCC[C@@H](NC(=O)NCCOCC(F)(F)F)C(=O)O. The first-order valence-corrected chi connectivity index (χ1v) is 7.06. The van der Waals surface area contributed by atoms with Crippen LogP contribution in [-0.2, 0) is 9.53 Å². The monoisotopic (exact) mass is 318 g/mol. The second kappa shape index (κ2) is 9.70. The van der Waals surface area contributed by atoms with Crippen molar-refractivity contribution in [1.29, 1.82) is 0 Å². The molecular formula is C10H17F3N2O4S. The Balaban J connectivity index is 3.82. The van der Waals surface area contributed by atoms with E-state index in [1.54, 1.807) is 6.26 Å². The Morgan fingerprint density at radius 2 is 2.05 bits per heavy atom. The molecule has 20 heavy (non-hydrogen) atoms. The predicted molar refractivity (Wildman–Crippen MR) is 67.8 cm³/mol. The highest BCUT2D eigenvalue weighted by molar-refractivity contribution is 7.98. The third kappa shape index (κ3) is 10.7. The molecule has 3 N–H and O–H groups in total. The summed E-state index contributed by atoms with van der Waals surface area (Å²) < 4.78 is 39.5. The van der Waals surface area contributed by atoms with Crippen molar-refractivity contribution in [3.05, 3.63) is 0 Å². The maximum Gasteiger partial charge on any atom is 0.411 e. The molecule has 118 valence electrons. The fourth-order valence-electron chi connectivity index (χ4n) is 1.13. The molecule has 0 unspecified atom stereocenters. The van der Waals surface area contributed by atoms with Crippen LogP contribution >= 0.6 is 11.8 Å². The van der Waals surface area contributed by atoms with Crippen molar-refractivity contribution in [2.75, 3.05) is 31.8 Å². The van der Waals surface area contributed by atoms with Gasteiger partial charge < -0.3 is 20.5 Å². The number of hydrogen-bond acceptors (Lipinski definition) is 4. The number of carbonyl (C=O) groups is 2. The third-order valence-corrected chi connectivity index (χ3v) is 2.66. The number of hydrogen-bond donors (Lipinski definition) is 3. The van der Waals surface area contributed by atoms with Crippen LogP contribution in [0, 0.1) is 0 Å².